The van der Waals surface area contributed by atoms with Crippen molar-refractivity contribution in [3.8, 4) is 0 Å². The van der Waals surface area contributed by atoms with Gasteiger partial charge in [-0.05, 0) is 67.3 Å². The van der Waals surface area contributed by atoms with Crippen molar-refractivity contribution >= 4 is 17.8 Å². The summed E-state index contributed by atoms with van der Waals surface area (Å²) >= 11 is 0. The minimum atomic E-state index is -1.11. The molecule has 2 N–H and O–H groups in total. The van der Waals surface area contributed by atoms with E-state index in [0.717, 1.165) is 25.9 Å². The van der Waals surface area contributed by atoms with Crippen molar-refractivity contribution in [2.45, 2.75) is 46.1 Å². The van der Waals surface area contributed by atoms with Gasteiger partial charge in [0, 0.05) is 18.7 Å². The van der Waals surface area contributed by atoms with Crippen molar-refractivity contribution in [1.82, 2.24) is 15.5 Å². The van der Waals surface area contributed by atoms with Crippen molar-refractivity contribution in [3.05, 3.63) is 70.3 Å². The molecule has 0 spiro atoms. The number of amides is 4. The highest BCUT2D eigenvalue weighted by Crippen LogP contribution is 2.33. The van der Waals surface area contributed by atoms with Gasteiger partial charge in [0.2, 0.25) is 0 Å². The fourth-order valence-corrected chi connectivity index (χ4v) is 5.04. The van der Waals surface area contributed by atoms with Gasteiger partial charge in [-0.2, -0.15) is 0 Å². The Morgan fingerprint density at radius 2 is 1.84 bits per heavy atom. The monoisotopic (exact) mass is 433 g/mol. The molecule has 0 aliphatic carbocycles. The lowest BCUT2D eigenvalue weighted by Gasteiger charge is -2.30. The summed E-state index contributed by atoms with van der Waals surface area (Å²) in [5.41, 5.74) is 4.11. The number of carbonyl (C=O) groups excluding carboxylic acids is 3. The van der Waals surface area contributed by atoms with Gasteiger partial charge in [0.25, 0.3) is 11.8 Å². The number of benzene rings is 2. The Morgan fingerprint density at radius 3 is 2.44 bits per heavy atom. The van der Waals surface area contributed by atoms with Gasteiger partial charge in [-0.25, -0.2) is 4.79 Å². The molecule has 0 bridgehead atoms. The van der Waals surface area contributed by atoms with Crippen molar-refractivity contribution in [1.29, 1.82) is 0 Å². The molecule has 2 aliphatic rings. The van der Waals surface area contributed by atoms with E-state index in [2.05, 4.69) is 42.7 Å². The average Bonchev–Trinajstić information content (AvgIpc) is 3.34. The van der Waals surface area contributed by atoms with E-state index in [4.69, 9.17) is 0 Å². The summed E-state index contributed by atoms with van der Waals surface area (Å²) < 4.78 is 0. The second-order valence-electron chi connectivity index (χ2n) is 9.49. The number of nitrogens with zero attached hydrogens (tertiary/aromatic N) is 1. The van der Waals surface area contributed by atoms with Gasteiger partial charge >= 0.3 is 6.03 Å². The summed E-state index contributed by atoms with van der Waals surface area (Å²) in [6.07, 6.45) is 1.99. The number of likely N-dealkylation sites (tertiary alicyclic amines) is 1. The van der Waals surface area contributed by atoms with Crippen molar-refractivity contribution in [2.24, 2.45) is 11.8 Å². The van der Waals surface area contributed by atoms with Crippen LogP contribution < -0.4 is 10.6 Å². The number of nitrogens with one attached hydrogen (secondary N) is 2. The van der Waals surface area contributed by atoms with Gasteiger partial charge in [-0.1, -0.05) is 49.7 Å². The molecule has 4 amide bonds. The van der Waals surface area contributed by atoms with Gasteiger partial charge in [0.05, 0.1) is 0 Å². The van der Waals surface area contributed by atoms with Crippen LogP contribution in [0.3, 0.4) is 0 Å². The quantitative estimate of drug-likeness (QED) is 0.706. The van der Waals surface area contributed by atoms with Gasteiger partial charge in [-0.3, -0.25) is 14.9 Å². The molecule has 6 heteroatoms. The first-order valence-corrected chi connectivity index (χ1v) is 11.3. The number of rotatable bonds is 5. The van der Waals surface area contributed by atoms with Crippen molar-refractivity contribution in [2.75, 3.05) is 13.1 Å². The van der Waals surface area contributed by atoms with E-state index < -0.39 is 11.6 Å². The molecule has 0 aromatic heterocycles. The summed E-state index contributed by atoms with van der Waals surface area (Å²) in [5.74, 6) is -0.0233. The van der Waals surface area contributed by atoms with E-state index in [1.807, 2.05) is 18.7 Å². The molecule has 32 heavy (non-hydrogen) atoms. The normalized spacial score (nSPS) is 22.9. The first kappa shape index (κ1) is 22.1. The summed E-state index contributed by atoms with van der Waals surface area (Å²) in [4.78, 5) is 39.3. The minimum absolute atomic E-state index is 0.0122. The van der Waals surface area contributed by atoms with E-state index >= 15 is 0 Å². The third-order valence-corrected chi connectivity index (χ3v) is 6.93. The first-order chi connectivity index (χ1) is 15.2. The van der Waals surface area contributed by atoms with Crippen LogP contribution >= 0.6 is 0 Å². The van der Waals surface area contributed by atoms with Crippen LogP contribution in [0.5, 0.6) is 0 Å². The predicted molar refractivity (Wildman–Crippen MR) is 123 cm³/mol. The number of aryl methyl sites for hydroxylation is 2. The Morgan fingerprint density at radius 1 is 1.12 bits per heavy atom. The zero-order chi connectivity index (χ0) is 23.0. The van der Waals surface area contributed by atoms with Crippen LogP contribution in [0.4, 0.5) is 4.79 Å². The second kappa shape index (κ2) is 8.41. The van der Waals surface area contributed by atoms with Gasteiger partial charge in [0.15, 0.2) is 0 Å². The van der Waals surface area contributed by atoms with Crippen LogP contribution in [-0.4, -0.2) is 35.8 Å². The zero-order valence-corrected chi connectivity index (χ0v) is 19.2. The highest BCUT2D eigenvalue weighted by Gasteiger charge is 2.50. The van der Waals surface area contributed by atoms with Crippen LogP contribution in [0.2, 0.25) is 0 Å². The van der Waals surface area contributed by atoms with Crippen LogP contribution in [0.1, 0.15) is 52.9 Å². The topological polar surface area (TPSA) is 78.5 Å². The molecule has 2 fully saturated rings. The SMILES string of the molecule is Cc1ccc(CC2CCN(C(=O)c3ccc(C4(C(C)C)NC(=O)NC4=O)cc3)C2)c(C)c1. The zero-order valence-electron chi connectivity index (χ0n) is 19.2. The molecule has 168 valence electrons. The Bertz CT molecular complexity index is 1060. The van der Waals surface area contributed by atoms with Gasteiger partial charge < -0.3 is 10.2 Å². The molecule has 2 unspecified atom stereocenters. The number of urea groups is 1. The maximum Gasteiger partial charge on any atom is 0.322 e. The van der Waals surface area contributed by atoms with E-state index in [-0.39, 0.29) is 17.7 Å². The Hall–Kier alpha value is -3.15. The van der Waals surface area contributed by atoms with Crippen LogP contribution in [0, 0.1) is 25.7 Å². The molecule has 0 saturated carbocycles. The molecule has 2 heterocycles. The number of carbonyl (C=O) groups is 3. The molecule has 6 nitrogen and oxygen atoms in total. The predicted octanol–water partition coefficient (Wildman–Crippen LogP) is 3.70. The molecular weight excluding hydrogens is 402 g/mol. The molecule has 2 aromatic carbocycles. The van der Waals surface area contributed by atoms with Gasteiger partial charge in [0.1, 0.15) is 5.54 Å². The summed E-state index contributed by atoms with van der Waals surface area (Å²) in [6, 6.07) is 13.2. The molecule has 2 aliphatic heterocycles. The molecular formula is C26H31N3O3. The summed E-state index contributed by atoms with van der Waals surface area (Å²) in [5, 5.41) is 5.12. The largest absolute Gasteiger partial charge is 0.338 e. The van der Waals surface area contributed by atoms with Crippen LogP contribution in [-0.2, 0) is 16.8 Å². The number of hydrogen-bond donors (Lipinski definition) is 2. The molecule has 2 saturated heterocycles. The second-order valence-corrected chi connectivity index (χ2v) is 9.49. The minimum Gasteiger partial charge on any atom is -0.338 e. The van der Waals surface area contributed by atoms with E-state index in [0.29, 0.717) is 17.0 Å². The lowest BCUT2D eigenvalue weighted by molar-refractivity contribution is -0.125. The molecule has 4 rings (SSSR count). The smallest absolute Gasteiger partial charge is 0.322 e. The first-order valence-electron chi connectivity index (χ1n) is 11.3. The number of hydrogen-bond acceptors (Lipinski definition) is 3. The van der Waals surface area contributed by atoms with Crippen molar-refractivity contribution < 1.29 is 14.4 Å². The Balaban J connectivity index is 1.45. The summed E-state index contributed by atoms with van der Waals surface area (Å²) in [7, 11) is 0. The fourth-order valence-electron chi connectivity index (χ4n) is 5.04. The maximum atomic E-state index is 13.1. The molecule has 0 radical (unpaired) electrons. The fraction of sp³-hybridized carbons (Fsp3) is 0.423. The van der Waals surface area contributed by atoms with Crippen LogP contribution in [0.15, 0.2) is 42.5 Å². The highest BCUT2D eigenvalue weighted by atomic mass is 16.2. The standard InChI is InChI=1S/C26H31N3O3/c1-16(2)26(24(31)27-25(32)28-26)22-9-7-20(8-10-22)23(30)29-12-11-19(15-29)14-21-6-5-17(3)13-18(21)4/h5-10,13,16,19H,11-12,14-15H2,1-4H3,(H2,27,28,31,32). The molecule has 2 atom stereocenters. The molecule has 2 aromatic rings. The van der Waals surface area contributed by atoms with Gasteiger partial charge in [-0.15, -0.1) is 0 Å². The highest BCUT2D eigenvalue weighted by molar-refractivity contribution is 6.07. The maximum absolute atomic E-state index is 13.1. The number of imide groups is 1. The summed E-state index contributed by atoms with van der Waals surface area (Å²) in [6.45, 7) is 9.55. The Kier molecular flexibility index (Phi) is 5.80. The van der Waals surface area contributed by atoms with E-state index in [1.165, 1.54) is 16.7 Å². The lowest BCUT2D eigenvalue weighted by atomic mass is 9.79. The van der Waals surface area contributed by atoms with E-state index in [1.54, 1.807) is 24.3 Å². The van der Waals surface area contributed by atoms with E-state index in [9.17, 15) is 14.4 Å². The Labute approximate surface area is 189 Å². The van der Waals surface area contributed by atoms with Crippen LogP contribution in [0.25, 0.3) is 0 Å². The lowest BCUT2D eigenvalue weighted by Crippen LogP contribution is -2.48. The third-order valence-electron chi connectivity index (χ3n) is 6.93. The van der Waals surface area contributed by atoms with Crippen molar-refractivity contribution in [3.63, 3.8) is 0 Å². The average molecular weight is 434 g/mol. The third kappa shape index (κ3) is 3.90.